The summed E-state index contributed by atoms with van der Waals surface area (Å²) < 4.78 is 0. The zero-order valence-electron chi connectivity index (χ0n) is 11.5. The fourth-order valence-corrected chi connectivity index (χ4v) is 3.42. The number of thiazole rings is 1. The van der Waals surface area contributed by atoms with Crippen molar-refractivity contribution in [3.8, 4) is 0 Å². The number of rotatable bonds is 3. The molecular formula is C13H17N5OS. The van der Waals surface area contributed by atoms with Gasteiger partial charge >= 0.3 is 0 Å². The Morgan fingerprint density at radius 3 is 2.90 bits per heavy atom. The number of hydrogen-bond donors (Lipinski definition) is 3. The van der Waals surface area contributed by atoms with Gasteiger partial charge in [-0.1, -0.05) is 13.8 Å². The quantitative estimate of drug-likeness (QED) is 0.808. The summed E-state index contributed by atoms with van der Waals surface area (Å²) in [7, 11) is 0. The highest BCUT2D eigenvalue weighted by molar-refractivity contribution is 7.16. The van der Waals surface area contributed by atoms with Gasteiger partial charge in [0.25, 0.3) is 5.91 Å². The van der Waals surface area contributed by atoms with Crippen molar-refractivity contribution in [2.24, 2.45) is 0 Å². The Kier molecular flexibility index (Phi) is 3.21. The normalized spacial score (nSPS) is 13.8. The Morgan fingerprint density at radius 1 is 1.45 bits per heavy atom. The average Bonchev–Trinajstić information content (AvgIpc) is 3.02. The van der Waals surface area contributed by atoms with Crippen molar-refractivity contribution >= 4 is 28.1 Å². The maximum absolute atomic E-state index is 12.2. The number of nitrogens with one attached hydrogen (secondary N) is 2. The zero-order valence-corrected chi connectivity index (χ0v) is 12.3. The Morgan fingerprint density at radius 2 is 2.25 bits per heavy atom. The second kappa shape index (κ2) is 4.90. The van der Waals surface area contributed by atoms with E-state index >= 15 is 0 Å². The minimum absolute atomic E-state index is 0.202. The van der Waals surface area contributed by atoms with Crippen LogP contribution in [0, 0.1) is 0 Å². The van der Waals surface area contributed by atoms with E-state index in [1.54, 1.807) is 11.3 Å². The number of aromatic amines is 1. The number of aromatic nitrogens is 3. The Hall–Kier alpha value is -1.89. The van der Waals surface area contributed by atoms with Crippen LogP contribution < -0.4 is 11.1 Å². The zero-order chi connectivity index (χ0) is 14.3. The second-order valence-electron chi connectivity index (χ2n) is 5.25. The summed E-state index contributed by atoms with van der Waals surface area (Å²) in [5.74, 6) is -0.106. The van der Waals surface area contributed by atoms with E-state index in [0.29, 0.717) is 10.8 Å². The Bertz CT molecular complexity index is 636. The lowest BCUT2D eigenvalue weighted by Gasteiger charge is -2.03. The van der Waals surface area contributed by atoms with Crippen LogP contribution in [0.4, 0.5) is 10.8 Å². The molecule has 1 aliphatic rings. The van der Waals surface area contributed by atoms with Gasteiger partial charge in [0.15, 0.2) is 10.8 Å². The number of hydrogen-bond acceptors (Lipinski definition) is 5. The fraction of sp³-hybridized carbons (Fsp3) is 0.462. The predicted octanol–water partition coefficient (Wildman–Crippen LogP) is 2.31. The number of amides is 1. The van der Waals surface area contributed by atoms with Crippen LogP contribution in [0.5, 0.6) is 0 Å². The lowest BCUT2D eigenvalue weighted by atomic mass is 10.1. The van der Waals surface area contributed by atoms with E-state index in [-0.39, 0.29) is 17.5 Å². The molecule has 0 unspecified atom stereocenters. The van der Waals surface area contributed by atoms with Crippen LogP contribution >= 0.6 is 11.3 Å². The van der Waals surface area contributed by atoms with Crippen LogP contribution in [0.25, 0.3) is 0 Å². The highest BCUT2D eigenvalue weighted by Gasteiger charge is 2.22. The first-order valence-corrected chi connectivity index (χ1v) is 7.51. The van der Waals surface area contributed by atoms with E-state index in [0.717, 1.165) is 30.7 Å². The molecule has 4 N–H and O–H groups in total. The van der Waals surface area contributed by atoms with Gasteiger partial charge < -0.3 is 5.73 Å². The van der Waals surface area contributed by atoms with Crippen LogP contribution in [0.1, 0.15) is 52.9 Å². The van der Waals surface area contributed by atoms with E-state index in [9.17, 15) is 4.79 Å². The number of anilines is 2. The van der Waals surface area contributed by atoms with E-state index in [1.165, 1.54) is 4.88 Å². The molecule has 0 aliphatic heterocycles. The summed E-state index contributed by atoms with van der Waals surface area (Å²) in [4.78, 5) is 17.9. The Labute approximate surface area is 120 Å². The molecule has 20 heavy (non-hydrogen) atoms. The predicted molar refractivity (Wildman–Crippen MR) is 79.2 cm³/mol. The van der Waals surface area contributed by atoms with Gasteiger partial charge in [-0.15, -0.1) is 11.3 Å². The number of nitrogen functional groups attached to an aromatic ring is 1. The maximum Gasteiger partial charge on any atom is 0.280 e. The van der Waals surface area contributed by atoms with Crippen LogP contribution in [-0.2, 0) is 12.8 Å². The van der Waals surface area contributed by atoms with E-state index < -0.39 is 0 Å². The maximum atomic E-state index is 12.2. The minimum atomic E-state index is -0.307. The average molecular weight is 291 g/mol. The number of carbonyl (C=O) groups excluding carboxylic acids is 1. The minimum Gasteiger partial charge on any atom is -0.395 e. The molecule has 0 radical (unpaired) electrons. The third-order valence-electron chi connectivity index (χ3n) is 3.44. The molecule has 1 aliphatic carbocycles. The first-order valence-electron chi connectivity index (χ1n) is 6.70. The van der Waals surface area contributed by atoms with Gasteiger partial charge in [0.05, 0.1) is 17.1 Å². The molecule has 0 saturated carbocycles. The summed E-state index contributed by atoms with van der Waals surface area (Å²) in [5, 5.41) is 10.3. The summed E-state index contributed by atoms with van der Waals surface area (Å²) in [6.07, 6.45) is 3.22. The lowest BCUT2D eigenvalue weighted by molar-refractivity contribution is 0.102. The van der Waals surface area contributed by atoms with Crippen LogP contribution in [0.3, 0.4) is 0 Å². The molecule has 2 aromatic rings. The molecule has 0 saturated heterocycles. The smallest absolute Gasteiger partial charge is 0.280 e. The first kappa shape index (κ1) is 13.1. The molecule has 106 valence electrons. The van der Waals surface area contributed by atoms with Gasteiger partial charge in [-0.2, -0.15) is 5.10 Å². The first-order chi connectivity index (χ1) is 9.56. The van der Waals surface area contributed by atoms with Gasteiger partial charge in [-0.3, -0.25) is 15.2 Å². The number of nitrogens with zero attached hydrogens (tertiary/aromatic N) is 2. The molecule has 6 nitrogen and oxygen atoms in total. The largest absolute Gasteiger partial charge is 0.395 e. The van der Waals surface area contributed by atoms with E-state index in [1.807, 2.05) is 13.8 Å². The SMILES string of the molecule is CC(C)c1[nH]nc(C(=O)Nc2nc3c(s2)CCC3)c1N. The van der Waals surface area contributed by atoms with Crippen LogP contribution in [0.2, 0.25) is 0 Å². The van der Waals surface area contributed by atoms with Crippen molar-refractivity contribution < 1.29 is 4.79 Å². The van der Waals surface area contributed by atoms with Crippen molar-refractivity contribution in [1.29, 1.82) is 0 Å². The molecule has 2 heterocycles. The molecule has 0 aromatic carbocycles. The molecule has 0 spiro atoms. The monoisotopic (exact) mass is 291 g/mol. The number of H-pyrrole nitrogens is 1. The lowest BCUT2D eigenvalue weighted by Crippen LogP contribution is -2.14. The van der Waals surface area contributed by atoms with Gasteiger partial charge in [-0.25, -0.2) is 4.98 Å². The molecule has 2 aromatic heterocycles. The van der Waals surface area contributed by atoms with Crippen LogP contribution in [-0.4, -0.2) is 21.1 Å². The topological polar surface area (TPSA) is 96.7 Å². The summed E-state index contributed by atoms with van der Waals surface area (Å²) >= 11 is 1.54. The van der Waals surface area contributed by atoms with Crippen molar-refractivity contribution in [2.75, 3.05) is 11.1 Å². The summed E-state index contributed by atoms with van der Waals surface area (Å²) in [5.41, 5.74) is 8.52. The third kappa shape index (κ3) is 2.18. The van der Waals surface area contributed by atoms with Crippen molar-refractivity contribution in [1.82, 2.24) is 15.2 Å². The molecular weight excluding hydrogens is 274 g/mol. The standard InChI is InChI=1S/C13H17N5OS/c1-6(2)10-9(14)11(18-17-10)12(19)16-13-15-7-4-3-5-8(7)20-13/h6H,3-5,14H2,1-2H3,(H,17,18)(H,15,16,19). The number of fused-ring (bicyclic) bond motifs is 1. The van der Waals surface area contributed by atoms with Crippen molar-refractivity contribution in [2.45, 2.75) is 39.0 Å². The summed E-state index contributed by atoms with van der Waals surface area (Å²) in [6, 6.07) is 0. The van der Waals surface area contributed by atoms with Gasteiger partial charge in [-0.05, 0) is 25.2 Å². The summed E-state index contributed by atoms with van der Waals surface area (Å²) in [6.45, 7) is 3.99. The van der Waals surface area contributed by atoms with Gasteiger partial charge in [0, 0.05) is 4.88 Å². The Balaban J connectivity index is 1.79. The molecule has 7 heteroatoms. The van der Waals surface area contributed by atoms with Gasteiger partial charge in [0.2, 0.25) is 0 Å². The number of nitrogens with two attached hydrogens (primary N) is 1. The third-order valence-corrected chi connectivity index (χ3v) is 4.51. The molecule has 3 rings (SSSR count). The van der Waals surface area contributed by atoms with E-state index in [2.05, 4.69) is 20.5 Å². The molecule has 0 fully saturated rings. The second-order valence-corrected chi connectivity index (χ2v) is 6.33. The van der Waals surface area contributed by atoms with Crippen molar-refractivity contribution in [3.63, 3.8) is 0 Å². The highest BCUT2D eigenvalue weighted by atomic mass is 32.1. The van der Waals surface area contributed by atoms with Crippen LogP contribution in [0.15, 0.2) is 0 Å². The highest BCUT2D eigenvalue weighted by Crippen LogP contribution is 2.31. The van der Waals surface area contributed by atoms with Gasteiger partial charge in [0.1, 0.15) is 0 Å². The fourth-order valence-electron chi connectivity index (χ4n) is 2.38. The van der Waals surface area contributed by atoms with Crippen molar-refractivity contribution in [3.05, 3.63) is 22.0 Å². The molecule has 1 amide bonds. The molecule has 0 bridgehead atoms. The number of carbonyl (C=O) groups is 1. The molecule has 0 atom stereocenters. The van der Waals surface area contributed by atoms with E-state index in [4.69, 9.17) is 5.73 Å². The number of aryl methyl sites for hydroxylation is 2.